The molecule has 1 aliphatic rings. The Kier molecular flexibility index (Phi) is 2.98. The zero-order chi connectivity index (χ0) is 11.8. The number of hydrogen-bond acceptors (Lipinski definition) is 1. The Balaban J connectivity index is 2.13. The molecule has 1 fully saturated rings. The van der Waals surface area contributed by atoms with Gasteiger partial charge in [0.1, 0.15) is 11.6 Å². The van der Waals surface area contributed by atoms with Crippen molar-refractivity contribution in [2.45, 2.75) is 25.7 Å². The van der Waals surface area contributed by atoms with E-state index in [4.69, 9.17) is 0 Å². The molecule has 1 aromatic carbocycles. The van der Waals surface area contributed by atoms with E-state index in [9.17, 15) is 8.78 Å². The van der Waals surface area contributed by atoms with Gasteiger partial charge >= 0.3 is 0 Å². The summed E-state index contributed by atoms with van der Waals surface area (Å²) in [6.45, 7) is 5.99. The predicted molar refractivity (Wildman–Crippen MR) is 60.4 cm³/mol. The van der Waals surface area contributed by atoms with Gasteiger partial charge in [-0.3, -0.25) is 0 Å². The fraction of sp³-hybridized carbons (Fsp3) is 0.538. The minimum absolute atomic E-state index is 0.0505. The van der Waals surface area contributed by atoms with Gasteiger partial charge in [-0.1, -0.05) is 13.8 Å². The van der Waals surface area contributed by atoms with Crippen molar-refractivity contribution in [3.63, 3.8) is 0 Å². The van der Waals surface area contributed by atoms with E-state index in [1.54, 1.807) is 0 Å². The average Bonchev–Trinajstić information content (AvgIpc) is 2.87. The van der Waals surface area contributed by atoms with Gasteiger partial charge in [0.05, 0.1) is 0 Å². The first kappa shape index (κ1) is 11.5. The number of hydrogen-bond donors (Lipinski definition) is 1. The molecule has 3 heteroatoms. The Hall–Kier alpha value is -0.960. The van der Waals surface area contributed by atoms with E-state index in [-0.39, 0.29) is 5.41 Å². The third-order valence-corrected chi connectivity index (χ3v) is 3.57. The maximum Gasteiger partial charge on any atom is 0.126 e. The third kappa shape index (κ3) is 2.09. The lowest BCUT2D eigenvalue weighted by Gasteiger charge is -2.12. The maximum atomic E-state index is 13.1. The van der Waals surface area contributed by atoms with Gasteiger partial charge in [-0.2, -0.15) is 0 Å². The number of rotatable bonds is 4. The Morgan fingerprint density at radius 3 is 2.50 bits per heavy atom. The van der Waals surface area contributed by atoms with E-state index >= 15 is 0 Å². The van der Waals surface area contributed by atoms with Crippen LogP contribution in [-0.4, -0.2) is 13.1 Å². The summed E-state index contributed by atoms with van der Waals surface area (Å²) < 4.78 is 26.2. The smallest absolute Gasteiger partial charge is 0.126 e. The van der Waals surface area contributed by atoms with Crippen LogP contribution in [-0.2, 0) is 5.41 Å². The highest BCUT2D eigenvalue weighted by Gasteiger charge is 2.50. The van der Waals surface area contributed by atoms with Crippen molar-refractivity contribution in [3.8, 4) is 0 Å². The largest absolute Gasteiger partial charge is 0.317 e. The summed E-state index contributed by atoms with van der Waals surface area (Å²) in [5, 5.41) is 3.28. The number of nitrogens with one attached hydrogen (secondary N) is 1. The van der Waals surface area contributed by atoms with Crippen molar-refractivity contribution in [1.29, 1.82) is 0 Å². The van der Waals surface area contributed by atoms with Crippen LogP contribution in [0.15, 0.2) is 18.2 Å². The molecule has 2 unspecified atom stereocenters. The van der Waals surface area contributed by atoms with Crippen LogP contribution in [0.5, 0.6) is 0 Å². The van der Waals surface area contributed by atoms with Crippen molar-refractivity contribution in [2.75, 3.05) is 13.1 Å². The monoisotopic (exact) mass is 225 g/mol. The molecule has 0 radical (unpaired) electrons. The molecule has 1 N–H and O–H groups in total. The molecule has 0 spiro atoms. The van der Waals surface area contributed by atoms with E-state index in [1.807, 2.05) is 0 Å². The van der Waals surface area contributed by atoms with Crippen molar-refractivity contribution in [1.82, 2.24) is 5.32 Å². The highest BCUT2D eigenvalue weighted by Crippen LogP contribution is 2.53. The molecule has 1 aromatic rings. The van der Waals surface area contributed by atoms with Crippen LogP contribution in [0.1, 0.15) is 25.8 Å². The van der Waals surface area contributed by atoms with Crippen molar-refractivity contribution < 1.29 is 8.78 Å². The van der Waals surface area contributed by atoms with E-state index in [1.165, 1.54) is 12.1 Å². The van der Waals surface area contributed by atoms with Crippen LogP contribution in [0.25, 0.3) is 0 Å². The summed E-state index contributed by atoms with van der Waals surface area (Å²) in [6.07, 6.45) is 1.00. The Bertz CT molecular complexity index is 371. The van der Waals surface area contributed by atoms with Crippen LogP contribution in [0.3, 0.4) is 0 Å². The normalized spacial score (nSPS) is 28.1. The van der Waals surface area contributed by atoms with Crippen molar-refractivity contribution >= 4 is 0 Å². The van der Waals surface area contributed by atoms with Gasteiger partial charge in [-0.15, -0.1) is 0 Å². The molecule has 0 bridgehead atoms. The molecule has 16 heavy (non-hydrogen) atoms. The first-order valence-electron chi connectivity index (χ1n) is 5.73. The van der Waals surface area contributed by atoms with Gasteiger partial charge in [0.25, 0.3) is 0 Å². The zero-order valence-corrected chi connectivity index (χ0v) is 9.69. The summed E-state index contributed by atoms with van der Waals surface area (Å²) in [5.41, 5.74) is 0.735. The average molecular weight is 225 g/mol. The summed E-state index contributed by atoms with van der Waals surface area (Å²) in [6, 6.07) is 3.83. The molecule has 0 heterocycles. The Morgan fingerprint density at radius 2 is 1.94 bits per heavy atom. The van der Waals surface area contributed by atoms with Crippen LogP contribution in [0.4, 0.5) is 8.78 Å². The Labute approximate surface area is 94.9 Å². The molecular weight excluding hydrogens is 208 g/mol. The van der Waals surface area contributed by atoms with Gasteiger partial charge in [-0.25, -0.2) is 8.78 Å². The molecule has 1 aliphatic carbocycles. The second kappa shape index (κ2) is 4.13. The van der Waals surface area contributed by atoms with Crippen molar-refractivity contribution in [2.24, 2.45) is 5.92 Å². The predicted octanol–water partition coefficient (Wildman–Crippen LogP) is 2.85. The summed E-state index contributed by atoms with van der Waals surface area (Å²) in [4.78, 5) is 0. The quantitative estimate of drug-likeness (QED) is 0.830. The number of benzene rings is 1. The first-order chi connectivity index (χ1) is 7.56. The van der Waals surface area contributed by atoms with Gasteiger partial charge in [0.15, 0.2) is 0 Å². The van der Waals surface area contributed by atoms with Crippen LogP contribution in [0.2, 0.25) is 0 Å². The first-order valence-corrected chi connectivity index (χ1v) is 5.73. The SMILES string of the molecule is CCNCC1CC1(C)c1cc(F)cc(F)c1. The fourth-order valence-electron chi connectivity index (χ4n) is 2.31. The van der Waals surface area contributed by atoms with Gasteiger partial charge < -0.3 is 5.32 Å². The third-order valence-electron chi connectivity index (χ3n) is 3.57. The molecule has 88 valence electrons. The minimum Gasteiger partial charge on any atom is -0.317 e. The molecule has 2 rings (SSSR count). The molecule has 0 aromatic heterocycles. The van der Waals surface area contributed by atoms with Crippen LogP contribution in [0, 0.1) is 17.6 Å². The molecule has 2 atom stereocenters. The minimum atomic E-state index is -0.481. The summed E-state index contributed by atoms with van der Waals surface area (Å²) >= 11 is 0. The van der Waals surface area contributed by atoms with Gasteiger partial charge in [0, 0.05) is 6.07 Å². The van der Waals surface area contributed by atoms with Crippen LogP contribution >= 0.6 is 0 Å². The van der Waals surface area contributed by atoms with E-state index < -0.39 is 11.6 Å². The number of halogens is 2. The molecule has 1 saturated carbocycles. The molecular formula is C13H17F2N. The maximum absolute atomic E-state index is 13.1. The standard InChI is InChI=1S/C13H17F2N/c1-3-16-8-10-7-13(10,2)9-4-11(14)6-12(15)5-9/h4-6,10,16H,3,7-8H2,1-2H3. The second-order valence-corrected chi connectivity index (χ2v) is 4.78. The highest BCUT2D eigenvalue weighted by atomic mass is 19.1. The second-order valence-electron chi connectivity index (χ2n) is 4.78. The lowest BCUT2D eigenvalue weighted by atomic mass is 9.95. The lowest BCUT2D eigenvalue weighted by molar-refractivity contribution is 0.558. The topological polar surface area (TPSA) is 12.0 Å². The van der Waals surface area contributed by atoms with Crippen molar-refractivity contribution in [3.05, 3.63) is 35.4 Å². The summed E-state index contributed by atoms with van der Waals surface area (Å²) in [5.74, 6) is -0.468. The van der Waals surface area contributed by atoms with E-state index in [0.29, 0.717) is 5.92 Å². The highest BCUT2D eigenvalue weighted by molar-refractivity contribution is 5.33. The van der Waals surface area contributed by atoms with E-state index in [2.05, 4.69) is 19.2 Å². The zero-order valence-electron chi connectivity index (χ0n) is 9.69. The molecule has 0 saturated heterocycles. The fourth-order valence-corrected chi connectivity index (χ4v) is 2.31. The van der Waals surface area contributed by atoms with Crippen LogP contribution < -0.4 is 5.32 Å². The molecule has 0 amide bonds. The van der Waals surface area contributed by atoms with E-state index in [0.717, 1.165) is 31.1 Å². The lowest BCUT2D eigenvalue weighted by Crippen LogP contribution is -2.19. The van der Waals surface area contributed by atoms with Gasteiger partial charge in [-0.05, 0) is 48.5 Å². The summed E-state index contributed by atoms with van der Waals surface area (Å²) in [7, 11) is 0. The molecule has 1 nitrogen and oxygen atoms in total. The Morgan fingerprint density at radius 1 is 1.31 bits per heavy atom. The van der Waals surface area contributed by atoms with Gasteiger partial charge in [0.2, 0.25) is 0 Å². The molecule has 0 aliphatic heterocycles.